The van der Waals surface area contributed by atoms with E-state index in [1.165, 1.54) is 27.6 Å². The summed E-state index contributed by atoms with van der Waals surface area (Å²) >= 11 is 0. The highest BCUT2D eigenvalue weighted by Crippen LogP contribution is 2.57. The highest BCUT2D eigenvalue weighted by atomic mass is 16.3. The molecule has 5 unspecified atom stereocenters. The lowest BCUT2D eigenvalue weighted by molar-refractivity contribution is -0.117. The minimum Gasteiger partial charge on any atom is -0.392 e. The van der Waals surface area contributed by atoms with Crippen molar-refractivity contribution in [2.24, 2.45) is 5.92 Å². The Morgan fingerprint density at radius 1 is 0.837 bits per heavy atom. The molecule has 3 fully saturated rings. The van der Waals surface area contributed by atoms with Gasteiger partial charge in [0.15, 0.2) is 0 Å². The summed E-state index contributed by atoms with van der Waals surface area (Å²) in [7, 11) is 0. The lowest BCUT2D eigenvalue weighted by Gasteiger charge is -2.50. The maximum Gasteiger partial charge on any atom is 0.227 e. The summed E-state index contributed by atoms with van der Waals surface area (Å²) in [5, 5.41) is 20.5. The van der Waals surface area contributed by atoms with Crippen LogP contribution in [0.25, 0.3) is 21.5 Å². The van der Waals surface area contributed by atoms with Gasteiger partial charge in [-0.15, -0.1) is 0 Å². The fraction of sp³-hybridized carbons (Fsp3) is 0.395. The highest BCUT2D eigenvalue weighted by Gasteiger charge is 2.50. The number of allylic oxidation sites excluding steroid dienone is 1. The molecule has 4 aliphatic rings. The molecule has 4 aromatic carbocycles. The first kappa shape index (κ1) is 26.8. The number of carbonyl (C=O) groups is 1. The molecule has 1 saturated carbocycles. The summed E-state index contributed by atoms with van der Waals surface area (Å²) in [6, 6.07) is 21.8. The Labute approximate surface area is 254 Å². The Balaban J connectivity index is 1.21. The predicted octanol–water partition coefficient (Wildman–Crippen LogP) is 8.34. The molecule has 1 amide bonds. The summed E-state index contributed by atoms with van der Waals surface area (Å²) in [6.45, 7) is 15.4. The van der Waals surface area contributed by atoms with Crippen molar-refractivity contribution in [2.45, 2.75) is 89.4 Å². The Bertz CT molecular complexity index is 1860. The zero-order chi connectivity index (χ0) is 30.0. The molecular formula is C38H41N3O2. The molecule has 8 rings (SSSR count). The van der Waals surface area contributed by atoms with E-state index in [0.717, 1.165) is 52.7 Å². The molecule has 0 spiro atoms. The number of aryl methyl sites for hydroxylation is 1. The summed E-state index contributed by atoms with van der Waals surface area (Å²) in [4.78, 5) is 17.5. The molecule has 3 aliphatic heterocycles. The van der Waals surface area contributed by atoms with Crippen LogP contribution in [-0.2, 0) is 4.79 Å². The average molecular weight is 572 g/mol. The van der Waals surface area contributed by atoms with Crippen molar-refractivity contribution in [3.8, 4) is 0 Å². The van der Waals surface area contributed by atoms with Gasteiger partial charge in [-0.25, -0.2) is 0 Å². The number of rotatable bonds is 3. The molecular weight excluding hydrogens is 530 g/mol. The van der Waals surface area contributed by atoms with Crippen LogP contribution in [0, 0.1) is 12.8 Å². The molecule has 0 bridgehead atoms. The van der Waals surface area contributed by atoms with Gasteiger partial charge in [0.05, 0.1) is 17.5 Å². The van der Waals surface area contributed by atoms with Gasteiger partial charge in [0, 0.05) is 46.0 Å². The fourth-order valence-corrected chi connectivity index (χ4v) is 9.15. The van der Waals surface area contributed by atoms with Crippen molar-refractivity contribution in [1.29, 1.82) is 0 Å². The van der Waals surface area contributed by atoms with Gasteiger partial charge < -0.3 is 20.2 Å². The Kier molecular flexibility index (Phi) is 5.51. The van der Waals surface area contributed by atoms with Gasteiger partial charge in [-0.05, 0) is 98.5 Å². The van der Waals surface area contributed by atoms with Crippen molar-refractivity contribution in [2.75, 3.05) is 15.1 Å². The van der Waals surface area contributed by atoms with E-state index in [9.17, 15) is 9.90 Å². The van der Waals surface area contributed by atoms with Crippen molar-refractivity contribution in [3.63, 3.8) is 0 Å². The van der Waals surface area contributed by atoms with Gasteiger partial charge in [0.2, 0.25) is 5.91 Å². The lowest BCUT2D eigenvalue weighted by Crippen LogP contribution is -2.49. The summed E-state index contributed by atoms with van der Waals surface area (Å²) in [5.41, 5.74) is 7.71. The molecule has 5 heteroatoms. The molecule has 0 radical (unpaired) electrons. The Morgan fingerprint density at radius 3 is 2.09 bits per heavy atom. The standard InChI is InChI=1S/C38H41N3O2/c1-21-13-14-26(24-9-7-11-29(32(21)24)41-31(42)18-19-37(41,4)5)33-23(3)34(36(33)43)27-15-16-28-35-25(27)10-8-12-30(35)40-22(2)17-20-38(40,6)39-28/h7-16,23,33-34,36,39,43H,2,17-20H2,1,3-6H3. The molecule has 1 aliphatic carbocycles. The number of nitrogens with one attached hydrogen (secondary N) is 1. The Morgan fingerprint density at radius 2 is 1.47 bits per heavy atom. The quantitative estimate of drug-likeness (QED) is 0.260. The zero-order valence-corrected chi connectivity index (χ0v) is 25.9. The first-order valence-electron chi connectivity index (χ1n) is 15.9. The summed E-state index contributed by atoms with van der Waals surface area (Å²) in [6.07, 6.45) is 2.94. The van der Waals surface area contributed by atoms with Crippen LogP contribution in [0.4, 0.5) is 17.1 Å². The second-order valence-electron chi connectivity index (χ2n) is 14.3. The summed E-state index contributed by atoms with van der Waals surface area (Å²) in [5.74, 6) is 0.476. The van der Waals surface area contributed by atoms with Crippen molar-refractivity contribution < 1.29 is 9.90 Å². The smallest absolute Gasteiger partial charge is 0.227 e. The van der Waals surface area contributed by atoms with E-state index in [0.29, 0.717) is 6.42 Å². The lowest BCUT2D eigenvalue weighted by atomic mass is 9.57. The molecule has 2 saturated heterocycles. The van der Waals surface area contributed by atoms with Crippen LogP contribution in [0.2, 0.25) is 0 Å². The molecule has 4 aromatic rings. The number of nitrogens with zero attached hydrogens (tertiary/aromatic N) is 2. The zero-order valence-electron chi connectivity index (χ0n) is 25.9. The number of carbonyl (C=O) groups excluding carboxylic acids is 1. The third kappa shape index (κ3) is 3.52. The van der Waals surface area contributed by atoms with E-state index in [4.69, 9.17) is 0 Å². The number of amides is 1. The average Bonchev–Trinajstić information content (AvgIpc) is 3.44. The summed E-state index contributed by atoms with van der Waals surface area (Å²) < 4.78 is 0. The van der Waals surface area contributed by atoms with Gasteiger partial charge in [-0.2, -0.15) is 0 Å². The van der Waals surface area contributed by atoms with E-state index in [2.05, 4.69) is 112 Å². The van der Waals surface area contributed by atoms with Crippen LogP contribution in [-0.4, -0.2) is 28.3 Å². The van der Waals surface area contributed by atoms with E-state index >= 15 is 0 Å². The van der Waals surface area contributed by atoms with Gasteiger partial charge >= 0.3 is 0 Å². The van der Waals surface area contributed by atoms with E-state index < -0.39 is 6.10 Å². The molecule has 2 N–H and O–H groups in total. The van der Waals surface area contributed by atoms with E-state index in [1.54, 1.807) is 0 Å². The van der Waals surface area contributed by atoms with Crippen molar-refractivity contribution >= 4 is 44.5 Å². The third-order valence-corrected chi connectivity index (χ3v) is 11.3. The normalized spacial score (nSPS) is 29.3. The molecule has 3 heterocycles. The SMILES string of the molecule is C=C1CCC2(C)Nc3ccc(C4C(C)C(c5ccc(C)c6c(N7C(=O)CCC7(C)C)cccc56)C4O)c4cccc(c34)N12. The third-order valence-electron chi connectivity index (χ3n) is 11.3. The molecule has 0 aromatic heterocycles. The van der Waals surface area contributed by atoms with Crippen LogP contribution < -0.4 is 15.1 Å². The van der Waals surface area contributed by atoms with E-state index in [1.807, 2.05) is 4.90 Å². The number of hydrogen-bond acceptors (Lipinski definition) is 4. The number of aliphatic hydroxyl groups is 1. The number of anilines is 3. The largest absolute Gasteiger partial charge is 0.392 e. The number of benzene rings is 4. The first-order valence-corrected chi connectivity index (χ1v) is 15.9. The van der Waals surface area contributed by atoms with Gasteiger partial charge in [-0.1, -0.05) is 56.0 Å². The second kappa shape index (κ2) is 8.86. The van der Waals surface area contributed by atoms with Gasteiger partial charge in [0.25, 0.3) is 0 Å². The predicted molar refractivity (Wildman–Crippen MR) is 177 cm³/mol. The van der Waals surface area contributed by atoms with E-state index in [-0.39, 0.29) is 34.9 Å². The van der Waals surface area contributed by atoms with Crippen molar-refractivity contribution in [3.05, 3.63) is 89.6 Å². The number of hydrogen-bond donors (Lipinski definition) is 2. The number of fused-ring (bicyclic) bond motifs is 3. The van der Waals surface area contributed by atoms with Crippen LogP contribution in [0.1, 0.15) is 81.9 Å². The second-order valence-corrected chi connectivity index (χ2v) is 14.3. The van der Waals surface area contributed by atoms with Gasteiger partial charge in [-0.3, -0.25) is 4.79 Å². The highest BCUT2D eigenvalue weighted by molar-refractivity contribution is 6.09. The monoisotopic (exact) mass is 571 g/mol. The minimum atomic E-state index is -0.505. The molecule has 5 atom stereocenters. The molecule has 5 nitrogen and oxygen atoms in total. The van der Waals surface area contributed by atoms with Gasteiger partial charge in [0.1, 0.15) is 5.66 Å². The Hall–Kier alpha value is -3.83. The topological polar surface area (TPSA) is 55.8 Å². The van der Waals surface area contributed by atoms with Crippen molar-refractivity contribution in [1.82, 2.24) is 0 Å². The van der Waals surface area contributed by atoms with Crippen LogP contribution in [0.15, 0.2) is 72.9 Å². The fourth-order valence-electron chi connectivity index (χ4n) is 9.15. The van der Waals surface area contributed by atoms with Crippen LogP contribution >= 0.6 is 0 Å². The minimum absolute atomic E-state index is 0.0104. The van der Waals surface area contributed by atoms with Crippen LogP contribution in [0.5, 0.6) is 0 Å². The maximum atomic E-state index is 13.1. The number of aliphatic hydroxyl groups excluding tert-OH is 1. The molecule has 220 valence electrons. The maximum absolute atomic E-state index is 13.1. The molecule has 43 heavy (non-hydrogen) atoms. The first-order chi connectivity index (χ1) is 20.5. The van der Waals surface area contributed by atoms with Crippen LogP contribution in [0.3, 0.4) is 0 Å².